The third-order valence-corrected chi connectivity index (χ3v) is 4.39. The van der Waals surface area contributed by atoms with Gasteiger partial charge in [0.05, 0.1) is 18.2 Å². The van der Waals surface area contributed by atoms with Gasteiger partial charge in [-0.15, -0.1) is 0 Å². The van der Waals surface area contributed by atoms with E-state index < -0.39 is 23.4 Å². The van der Waals surface area contributed by atoms with E-state index in [0.717, 1.165) is 7.11 Å². The highest BCUT2D eigenvalue weighted by molar-refractivity contribution is 6.30. The number of nitrogen functional groups attached to an aromatic ring is 1. The van der Waals surface area contributed by atoms with Crippen molar-refractivity contribution in [3.05, 3.63) is 76.5 Å². The van der Waals surface area contributed by atoms with E-state index in [2.05, 4.69) is 4.98 Å². The quantitative estimate of drug-likeness (QED) is 0.546. The number of fused-ring (bicyclic) bond motifs is 2. The Bertz CT molecular complexity index is 1130. The van der Waals surface area contributed by atoms with Gasteiger partial charge >= 0.3 is 5.97 Å². The molecule has 1 aliphatic carbocycles. The zero-order chi connectivity index (χ0) is 19.3. The molecule has 2 N–H and O–H groups in total. The van der Waals surface area contributed by atoms with E-state index in [1.54, 1.807) is 0 Å². The van der Waals surface area contributed by atoms with E-state index in [1.165, 1.54) is 47.2 Å². The van der Waals surface area contributed by atoms with Crippen molar-refractivity contribution in [3.63, 3.8) is 0 Å². The molecule has 0 radical (unpaired) electrons. The molecule has 4 rings (SSSR count). The van der Waals surface area contributed by atoms with Crippen molar-refractivity contribution in [2.45, 2.75) is 0 Å². The number of rotatable bonds is 2. The molecular formula is C19H12FN3O4. The summed E-state index contributed by atoms with van der Waals surface area (Å²) in [6.07, 6.45) is 1.39. The van der Waals surface area contributed by atoms with Crippen LogP contribution >= 0.6 is 0 Å². The molecule has 8 heteroatoms. The molecule has 0 saturated heterocycles. The van der Waals surface area contributed by atoms with E-state index >= 15 is 0 Å². The number of benzene rings is 1. The van der Waals surface area contributed by atoms with Crippen LogP contribution in [-0.2, 0) is 4.74 Å². The van der Waals surface area contributed by atoms with Gasteiger partial charge in [-0.25, -0.2) is 9.18 Å². The summed E-state index contributed by atoms with van der Waals surface area (Å²) < 4.78 is 19.3. The van der Waals surface area contributed by atoms with Gasteiger partial charge in [0.2, 0.25) is 5.78 Å². The first-order valence-corrected chi connectivity index (χ1v) is 7.88. The Morgan fingerprint density at radius 3 is 2.52 bits per heavy atom. The largest absolute Gasteiger partial charge is 0.465 e. The second-order valence-electron chi connectivity index (χ2n) is 5.85. The Hall–Kier alpha value is -3.81. The van der Waals surface area contributed by atoms with Crippen LogP contribution in [0.3, 0.4) is 0 Å². The predicted molar refractivity (Wildman–Crippen MR) is 92.6 cm³/mol. The molecule has 0 aliphatic heterocycles. The summed E-state index contributed by atoms with van der Waals surface area (Å²) in [5.41, 5.74) is 6.05. The zero-order valence-electron chi connectivity index (χ0n) is 14.0. The minimum Gasteiger partial charge on any atom is -0.465 e. The summed E-state index contributed by atoms with van der Waals surface area (Å²) in [5, 5.41) is 0. The van der Waals surface area contributed by atoms with E-state index in [9.17, 15) is 18.8 Å². The van der Waals surface area contributed by atoms with Crippen LogP contribution in [0.25, 0.3) is 5.69 Å². The number of ketones is 2. The van der Waals surface area contributed by atoms with Crippen LogP contribution < -0.4 is 5.73 Å². The van der Waals surface area contributed by atoms with E-state index in [0.29, 0.717) is 5.69 Å². The molecule has 0 saturated carbocycles. The summed E-state index contributed by atoms with van der Waals surface area (Å²) in [7, 11) is 1.15. The number of anilines is 1. The van der Waals surface area contributed by atoms with Crippen molar-refractivity contribution in [1.82, 2.24) is 9.55 Å². The fourth-order valence-electron chi connectivity index (χ4n) is 3.21. The standard InChI is InChI=1S/C19H12FN3O4/c1-27-19(26)13-12-15(17(25)14-11(16(12)24)3-2-8-22-14)23(18(13)21)10-6-4-9(20)5-7-10/h2-8H,21H2,1H3. The lowest BCUT2D eigenvalue weighted by molar-refractivity contribution is 0.0599. The van der Waals surface area contributed by atoms with Crippen LogP contribution in [0.15, 0.2) is 42.6 Å². The Morgan fingerprint density at radius 2 is 1.85 bits per heavy atom. The molecule has 3 aromatic rings. The third-order valence-electron chi connectivity index (χ3n) is 4.39. The first-order valence-electron chi connectivity index (χ1n) is 7.88. The predicted octanol–water partition coefficient (Wildman–Crippen LogP) is 2.16. The number of esters is 1. The molecule has 0 atom stereocenters. The number of hydrogen-bond acceptors (Lipinski definition) is 6. The lowest BCUT2D eigenvalue weighted by Gasteiger charge is -2.16. The van der Waals surface area contributed by atoms with Gasteiger partial charge in [-0.05, 0) is 36.4 Å². The van der Waals surface area contributed by atoms with Gasteiger partial charge in [-0.2, -0.15) is 0 Å². The number of hydrogen-bond donors (Lipinski definition) is 1. The number of nitrogens with zero attached hydrogens (tertiary/aromatic N) is 2. The maximum absolute atomic E-state index is 13.3. The van der Waals surface area contributed by atoms with Crippen LogP contribution in [0.4, 0.5) is 10.2 Å². The average molecular weight is 365 g/mol. The smallest absolute Gasteiger partial charge is 0.342 e. The van der Waals surface area contributed by atoms with E-state index in [1.807, 2.05) is 0 Å². The monoisotopic (exact) mass is 365 g/mol. The van der Waals surface area contributed by atoms with Gasteiger partial charge in [0, 0.05) is 11.9 Å². The highest BCUT2D eigenvalue weighted by atomic mass is 19.1. The molecule has 2 aromatic heterocycles. The summed E-state index contributed by atoms with van der Waals surface area (Å²) in [6.45, 7) is 0. The highest BCUT2D eigenvalue weighted by Crippen LogP contribution is 2.36. The number of aromatic nitrogens is 2. The Balaban J connectivity index is 2.10. The molecule has 1 aliphatic rings. The molecule has 27 heavy (non-hydrogen) atoms. The van der Waals surface area contributed by atoms with Crippen molar-refractivity contribution < 1.29 is 23.5 Å². The molecule has 0 spiro atoms. The number of halogens is 1. The van der Waals surface area contributed by atoms with Gasteiger partial charge in [0.25, 0.3) is 0 Å². The van der Waals surface area contributed by atoms with E-state index in [4.69, 9.17) is 10.5 Å². The van der Waals surface area contributed by atoms with Gasteiger partial charge in [-0.3, -0.25) is 19.1 Å². The summed E-state index contributed by atoms with van der Waals surface area (Å²) in [4.78, 5) is 42.4. The first-order chi connectivity index (χ1) is 13.0. The molecule has 0 fully saturated rings. The maximum atomic E-state index is 13.3. The number of methoxy groups -OCH3 is 1. The van der Waals surface area contributed by atoms with Gasteiger partial charge in [-0.1, -0.05) is 0 Å². The second-order valence-corrected chi connectivity index (χ2v) is 5.85. The van der Waals surface area contributed by atoms with Crippen LogP contribution in [0.1, 0.15) is 42.5 Å². The molecule has 2 heterocycles. The zero-order valence-corrected chi connectivity index (χ0v) is 14.0. The minimum atomic E-state index is -0.849. The molecule has 0 amide bonds. The molecule has 1 aromatic carbocycles. The summed E-state index contributed by atoms with van der Waals surface area (Å²) >= 11 is 0. The lowest BCUT2D eigenvalue weighted by Crippen LogP contribution is -2.25. The second kappa shape index (κ2) is 5.87. The van der Waals surface area contributed by atoms with Gasteiger partial charge in [0.1, 0.15) is 28.6 Å². The van der Waals surface area contributed by atoms with Crippen LogP contribution in [0.5, 0.6) is 0 Å². The molecular weight excluding hydrogens is 353 g/mol. The Labute approximate surface area is 152 Å². The first kappa shape index (κ1) is 16.6. The van der Waals surface area contributed by atoms with Crippen molar-refractivity contribution in [2.75, 3.05) is 12.8 Å². The number of nitrogens with two attached hydrogens (primary N) is 1. The fourth-order valence-corrected chi connectivity index (χ4v) is 3.21. The van der Waals surface area contributed by atoms with Gasteiger partial charge < -0.3 is 10.5 Å². The highest BCUT2D eigenvalue weighted by Gasteiger charge is 2.40. The van der Waals surface area contributed by atoms with Crippen molar-refractivity contribution in [3.8, 4) is 5.69 Å². The molecule has 0 unspecified atom stereocenters. The number of ether oxygens (including phenoxy) is 1. The van der Waals surface area contributed by atoms with Crippen LogP contribution in [0, 0.1) is 5.82 Å². The lowest BCUT2D eigenvalue weighted by atomic mass is 9.89. The normalized spacial score (nSPS) is 12.5. The van der Waals surface area contributed by atoms with Gasteiger partial charge in [0.15, 0.2) is 5.78 Å². The average Bonchev–Trinajstić information content (AvgIpc) is 2.99. The topological polar surface area (TPSA) is 104 Å². The van der Waals surface area contributed by atoms with Crippen molar-refractivity contribution >= 4 is 23.4 Å². The Kier molecular flexibility index (Phi) is 3.62. The van der Waals surface area contributed by atoms with E-state index in [-0.39, 0.29) is 33.9 Å². The number of carbonyl (C=O) groups excluding carboxylic acids is 3. The fraction of sp³-hybridized carbons (Fsp3) is 0.0526. The molecule has 134 valence electrons. The van der Waals surface area contributed by atoms with Crippen molar-refractivity contribution in [1.29, 1.82) is 0 Å². The summed E-state index contributed by atoms with van der Waals surface area (Å²) in [5.74, 6) is -2.60. The SMILES string of the molecule is COC(=O)c1c2c(n(-c3ccc(F)cc3)c1N)C(=O)c1ncccc1C2=O. The Morgan fingerprint density at radius 1 is 1.15 bits per heavy atom. The van der Waals surface area contributed by atoms with Crippen molar-refractivity contribution in [2.24, 2.45) is 0 Å². The van der Waals surface area contributed by atoms with Crippen LogP contribution in [0.2, 0.25) is 0 Å². The molecule has 0 bridgehead atoms. The number of carbonyl (C=O) groups is 3. The van der Waals surface area contributed by atoms with Crippen LogP contribution in [-0.4, -0.2) is 34.2 Å². The third kappa shape index (κ3) is 2.27. The maximum Gasteiger partial charge on any atom is 0.342 e. The minimum absolute atomic E-state index is 0.0349. The summed E-state index contributed by atoms with van der Waals surface area (Å²) in [6, 6.07) is 8.11. The molecule has 7 nitrogen and oxygen atoms in total. The number of pyridine rings is 1.